The van der Waals surface area contributed by atoms with Gasteiger partial charge in [0.15, 0.2) is 0 Å². The van der Waals surface area contributed by atoms with Crippen LogP contribution in [0.4, 0.5) is 0 Å². The predicted molar refractivity (Wildman–Crippen MR) is 53.8 cm³/mol. The Balaban J connectivity index is 0.000000500. The smallest absolute Gasteiger partial charge is 0.224 e. The molecular formula is C7H7I2NS. The lowest BCUT2D eigenvalue weighted by Crippen LogP contribution is -3.00. The predicted octanol–water partition coefficient (Wildman–Crippen LogP) is -0.663. The standard InChI is InChI=1S/C7H5NS.2HI/c1-2-4-7-6(3-1)8-5-9-7;;/h1-5H;2*1H. The molecule has 1 heterocycles. The first kappa shape index (κ1) is 11.6. The molecular weight excluding hydrogens is 384 g/mol. The third-order valence-corrected chi connectivity index (χ3v) is 2.13. The molecule has 0 aliphatic heterocycles. The second kappa shape index (κ2) is 5.26. The van der Waals surface area contributed by atoms with E-state index in [0.29, 0.717) is 0 Å². The second-order valence-electron chi connectivity index (χ2n) is 1.88. The molecule has 2 rings (SSSR count). The fourth-order valence-electron chi connectivity index (χ4n) is 0.845. The van der Waals surface area contributed by atoms with Crippen molar-refractivity contribution in [2.45, 2.75) is 0 Å². The number of rotatable bonds is 0. The molecule has 0 radical (unpaired) electrons. The zero-order valence-corrected chi connectivity index (χ0v) is 10.9. The quantitative estimate of drug-likeness (QED) is 0.530. The van der Waals surface area contributed by atoms with E-state index in [1.165, 1.54) is 10.2 Å². The second-order valence-corrected chi connectivity index (χ2v) is 2.79. The zero-order valence-electron chi connectivity index (χ0n) is 5.58. The van der Waals surface area contributed by atoms with E-state index in [9.17, 15) is 0 Å². The summed E-state index contributed by atoms with van der Waals surface area (Å²) in [4.78, 5) is 3.14. The van der Waals surface area contributed by atoms with Gasteiger partial charge >= 0.3 is 0 Å². The topological polar surface area (TPSA) is 14.1 Å². The normalized spacial score (nSPS) is 8.36. The van der Waals surface area contributed by atoms with Gasteiger partial charge in [0.05, 0.1) is 0 Å². The summed E-state index contributed by atoms with van der Waals surface area (Å²) >= 11 is 1.73. The van der Waals surface area contributed by atoms with Crippen molar-refractivity contribution in [3.8, 4) is 0 Å². The monoisotopic (exact) mass is 391 g/mol. The van der Waals surface area contributed by atoms with Gasteiger partial charge in [0.25, 0.3) is 0 Å². The first-order valence-corrected chi connectivity index (χ1v) is 3.69. The van der Waals surface area contributed by atoms with E-state index in [4.69, 9.17) is 0 Å². The molecule has 1 N–H and O–H groups in total. The van der Waals surface area contributed by atoms with Crippen LogP contribution in [0.25, 0.3) is 10.2 Å². The molecule has 0 saturated heterocycles. The molecule has 1 nitrogen and oxygen atoms in total. The van der Waals surface area contributed by atoms with Crippen molar-refractivity contribution < 1.29 is 29.0 Å². The summed E-state index contributed by atoms with van der Waals surface area (Å²) in [7, 11) is 0. The number of benzene rings is 1. The summed E-state index contributed by atoms with van der Waals surface area (Å²) in [6.45, 7) is 0. The lowest BCUT2D eigenvalue weighted by molar-refractivity contribution is -0.338. The minimum Gasteiger partial charge on any atom is -1.00 e. The van der Waals surface area contributed by atoms with Crippen molar-refractivity contribution >= 4 is 45.5 Å². The van der Waals surface area contributed by atoms with E-state index in [1.54, 1.807) is 11.3 Å². The number of H-pyrrole nitrogens is 1. The lowest BCUT2D eigenvalue weighted by atomic mass is 10.3. The van der Waals surface area contributed by atoms with Crippen LogP contribution in [0, 0.1) is 0 Å². The van der Waals surface area contributed by atoms with E-state index < -0.39 is 0 Å². The van der Waals surface area contributed by atoms with E-state index in [1.807, 2.05) is 17.6 Å². The Kier molecular flexibility index (Phi) is 5.53. The molecule has 0 atom stereocenters. The minimum atomic E-state index is 0. The van der Waals surface area contributed by atoms with Crippen molar-refractivity contribution in [1.82, 2.24) is 0 Å². The molecule has 0 aliphatic rings. The van der Waals surface area contributed by atoms with Gasteiger partial charge in [-0.1, -0.05) is 23.5 Å². The third-order valence-electron chi connectivity index (χ3n) is 1.29. The van der Waals surface area contributed by atoms with Crippen LogP contribution in [0.5, 0.6) is 0 Å². The molecule has 2 aromatic rings. The summed E-state index contributed by atoms with van der Waals surface area (Å²) in [6, 6.07) is 8.26. The van der Waals surface area contributed by atoms with Crippen molar-refractivity contribution in [3.63, 3.8) is 0 Å². The van der Waals surface area contributed by atoms with E-state index >= 15 is 0 Å². The van der Waals surface area contributed by atoms with Crippen molar-refractivity contribution in [1.29, 1.82) is 0 Å². The van der Waals surface area contributed by atoms with Gasteiger partial charge in [0.2, 0.25) is 11.0 Å². The van der Waals surface area contributed by atoms with Crippen LogP contribution in [-0.4, -0.2) is 0 Å². The maximum atomic E-state index is 3.14. The maximum Gasteiger partial charge on any atom is 0.224 e. The first-order valence-electron chi connectivity index (χ1n) is 2.81. The van der Waals surface area contributed by atoms with Gasteiger partial charge in [-0.3, -0.25) is 0 Å². The molecule has 0 bridgehead atoms. The molecule has 0 amide bonds. The number of aromatic nitrogens is 1. The third kappa shape index (κ3) is 2.51. The number of hydrogen-bond donors (Lipinski definition) is 0. The van der Waals surface area contributed by atoms with Gasteiger partial charge in [-0.2, -0.15) is 0 Å². The van der Waals surface area contributed by atoms with E-state index in [2.05, 4.69) is 17.1 Å². The van der Waals surface area contributed by atoms with E-state index in [0.717, 1.165) is 0 Å². The highest BCUT2D eigenvalue weighted by atomic mass is 127. The summed E-state index contributed by atoms with van der Waals surface area (Å²) in [5.41, 5.74) is 3.22. The molecule has 0 saturated carbocycles. The lowest BCUT2D eigenvalue weighted by Gasteiger charge is -1.75. The summed E-state index contributed by atoms with van der Waals surface area (Å²) in [6.07, 6.45) is 0. The fraction of sp³-hybridized carbons (Fsp3) is 0. The first-order chi connectivity index (χ1) is 4.47. The minimum absolute atomic E-state index is 0. The van der Waals surface area contributed by atoms with Gasteiger partial charge in [-0.25, -0.2) is 4.98 Å². The Morgan fingerprint density at radius 2 is 1.91 bits per heavy atom. The number of hydrogen-bond acceptors (Lipinski definition) is 1. The Bertz CT molecular complexity index is 290. The maximum absolute atomic E-state index is 3.14. The fourth-order valence-corrected chi connectivity index (χ4v) is 1.57. The number of aromatic amines is 1. The molecule has 1 aromatic carbocycles. The Morgan fingerprint density at radius 1 is 1.18 bits per heavy atom. The SMILES string of the molecule is I.[I-].c1ccc2sc[nH+]c2c1. The largest absolute Gasteiger partial charge is 1.00 e. The molecule has 4 heteroatoms. The highest BCUT2D eigenvalue weighted by Crippen LogP contribution is 2.12. The Morgan fingerprint density at radius 3 is 2.64 bits per heavy atom. The Hall–Kier alpha value is 0.570. The van der Waals surface area contributed by atoms with Crippen LogP contribution in [0.2, 0.25) is 0 Å². The van der Waals surface area contributed by atoms with Crippen LogP contribution >= 0.6 is 35.3 Å². The van der Waals surface area contributed by atoms with Crippen molar-refractivity contribution in [2.75, 3.05) is 0 Å². The highest BCUT2D eigenvalue weighted by Gasteiger charge is 1.96. The van der Waals surface area contributed by atoms with Crippen LogP contribution in [-0.2, 0) is 0 Å². The van der Waals surface area contributed by atoms with Crippen molar-refractivity contribution in [3.05, 3.63) is 29.8 Å². The van der Waals surface area contributed by atoms with Crippen LogP contribution < -0.4 is 29.0 Å². The van der Waals surface area contributed by atoms with Gasteiger partial charge in [0, 0.05) is 6.07 Å². The van der Waals surface area contributed by atoms with Crippen LogP contribution in [0.1, 0.15) is 0 Å². The molecule has 0 fully saturated rings. The molecule has 0 spiro atoms. The molecule has 0 unspecified atom stereocenters. The molecule has 60 valence electrons. The van der Waals surface area contributed by atoms with Crippen LogP contribution in [0.3, 0.4) is 0 Å². The van der Waals surface area contributed by atoms with Gasteiger partial charge < -0.3 is 24.0 Å². The Labute approximate surface area is 103 Å². The highest BCUT2D eigenvalue weighted by molar-refractivity contribution is 14.0. The van der Waals surface area contributed by atoms with Gasteiger partial charge in [-0.15, -0.1) is 24.0 Å². The average molecular weight is 391 g/mol. The molecule has 0 aliphatic carbocycles. The summed E-state index contributed by atoms with van der Waals surface area (Å²) in [5, 5.41) is 0. The average Bonchev–Trinajstić information content (AvgIpc) is 2.33. The molecule has 1 aromatic heterocycles. The van der Waals surface area contributed by atoms with Gasteiger partial charge in [0.1, 0.15) is 4.70 Å². The number of halogens is 2. The zero-order chi connectivity index (χ0) is 6.10. The molecule has 11 heavy (non-hydrogen) atoms. The van der Waals surface area contributed by atoms with Crippen molar-refractivity contribution in [2.24, 2.45) is 0 Å². The summed E-state index contributed by atoms with van der Waals surface area (Å²) in [5.74, 6) is 0. The number of thiazole rings is 1. The summed E-state index contributed by atoms with van der Waals surface area (Å²) < 4.78 is 1.32. The van der Waals surface area contributed by atoms with E-state index in [-0.39, 0.29) is 48.0 Å². The number of fused-ring (bicyclic) bond motifs is 1. The van der Waals surface area contributed by atoms with Crippen LogP contribution in [0.15, 0.2) is 29.8 Å². The van der Waals surface area contributed by atoms with Gasteiger partial charge in [-0.05, 0) is 6.07 Å². The number of nitrogens with one attached hydrogen (secondary N) is 1. The number of para-hydroxylation sites is 1.